The molecular weight excluding hydrogens is 257 g/mol. The maximum absolute atomic E-state index is 12.0. The van der Waals surface area contributed by atoms with E-state index in [1.165, 1.54) is 12.1 Å². The number of alkyl halides is 3. The molecule has 0 aliphatic rings. The van der Waals surface area contributed by atoms with Crippen LogP contribution in [-0.4, -0.2) is 24.4 Å². The molecule has 1 unspecified atom stereocenters. The van der Waals surface area contributed by atoms with Crippen molar-refractivity contribution in [1.82, 2.24) is 4.90 Å². The second-order valence-corrected chi connectivity index (χ2v) is 4.32. The van der Waals surface area contributed by atoms with Crippen molar-refractivity contribution in [2.75, 3.05) is 7.05 Å². The van der Waals surface area contributed by atoms with Crippen LogP contribution in [0.15, 0.2) is 24.3 Å². The summed E-state index contributed by atoms with van der Waals surface area (Å²) in [6.45, 7) is 2.49. The minimum absolute atomic E-state index is 0.0936. The second kappa shape index (κ2) is 6.43. The molecule has 0 radical (unpaired) electrons. The third kappa shape index (κ3) is 5.62. The Labute approximate surface area is 110 Å². The van der Waals surface area contributed by atoms with Crippen molar-refractivity contribution >= 4 is 0 Å². The van der Waals surface area contributed by atoms with E-state index in [1.54, 1.807) is 12.1 Å². The fourth-order valence-electron chi connectivity index (χ4n) is 1.53. The first kappa shape index (κ1) is 15.3. The Balaban J connectivity index is 2.60. The number of benzene rings is 1. The summed E-state index contributed by atoms with van der Waals surface area (Å²) < 4.78 is 39.7. The fourth-order valence-corrected chi connectivity index (χ4v) is 1.53. The van der Waals surface area contributed by atoms with Crippen molar-refractivity contribution in [3.63, 3.8) is 0 Å². The number of nitriles is 1. The van der Waals surface area contributed by atoms with Crippen LogP contribution in [0.3, 0.4) is 0 Å². The zero-order chi connectivity index (χ0) is 14.5. The maximum atomic E-state index is 12.0. The highest BCUT2D eigenvalue weighted by Crippen LogP contribution is 2.23. The van der Waals surface area contributed by atoms with Gasteiger partial charge in [0.1, 0.15) is 5.75 Å². The van der Waals surface area contributed by atoms with Crippen molar-refractivity contribution in [3.8, 4) is 11.8 Å². The zero-order valence-electron chi connectivity index (χ0n) is 10.7. The van der Waals surface area contributed by atoms with Gasteiger partial charge in [-0.2, -0.15) is 5.26 Å². The van der Waals surface area contributed by atoms with Crippen LogP contribution in [0.5, 0.6) is 5.75 Å². The minimum Gasteiger partial charge on any atom is -0.406 e. The summed E-state index contributed by atoms with van der Waals surface area (Å²) in [5.74, 6) is -0.232. The molecule has 0 amide bonds. The molecule has 1 aromatic carbocycles. The standard InChI is InChI=1S/C13H15F3N2O/c1-10(7-8-17)18(2)9-11-3-5-12(6-4-11)19-13(14,15)16/h3-6,10H,7,9H2,1-2H3. The molecule has 0 fully saturated rings. The van der Waals surface area contributed by atoms with E-state index >= 15 is 0 Å². The molecule has 1 rings (SSSR count). The molecule has 0 saturated carbocycles. The first-order valence-corrected chi connectivity index (χ1v) is 5.73. The highest BCUT2D eigenvalue weighted by atomic mass is 19.4. The molecule has 0 aliphatic carbocycles. The van der Waals surface area contributed by atoms with E-state index in [-0.39, 0.29) is 11.8 Å². The van der Waals surface area contributed by atoms with Crippen LogP contribution in [0.2, 0.25) is 0 Å². The lowest BCUT2D eigenvalue weighted by atomic mass is 10.1. The average molecular weight is 272 g/mol. The van der Waals surface area contributed by atoms with E-state index in [4.69, 9.17) is 5.26 Å². The lowest BCUT2D eigenvalue weighted by Gasteiger charge is -2.22. The van der Waals surface area contributed by atoms with Gasteiger partial charge in [-0.05, 0) is 31.7 Å². The topological polar surface area (TPSA) is 36.3 Å². The third-order valence-electron chi connectivity index (χ3n) is 2.73. The molecule has 0 bridgehead atoms. The van der Waals surface area contributed by atoms with Gasteiger partial charge in [-0.15, -0.1) is 13.2 Å². The molecule has 1 aromatic rings. The van der Waals surface area contributed by atoms with E-state index in [1.807, 2.05) is 18.9 Å². The van der Waals surface area contributed by atoms with Crippen molar-refractivity contribution in [3.05, 3.63) is 29.8 Å². The van der Waals surface area contributed by atoms with Crippen LogP contribution >= 0.6 is 0 Å². The Bertz CT molecular complexity index is 437. The lowest BCUT2D eigenvalue weighted by Crippen LogP contribution is -2.28. The predicted octanol–water partition coefficient (Wildman–Crippen LogP) is 3.32. The molecule has 0 saturated heterocycles. The Kier molecular flexibility index (Phi) is 5.19. The summed E-state index contributed by atoms with van der Waals surface area (Å²) in [5.41, 5.74) is 0.863. The van der Waals surface area contributed by atoms with E-state index in [0.717, 1.165) is 5.56 Å². The molecule has 104 valence electrons. The molecule has 19 heavy (non-hydrogen) atoms. The summed E-state index contributed by atoms with van der Waals surface area (Å²) in [6.07, 6.45) is -4.26. The summed E-state index contributed by atoms with van der Waals surface area (Å²) in [5, 5.41) is 8.60. The molecule has 0 heterocycles. The zero-order valence-corrected chi connectivity index (χ0v) is 10.7. The molecule has 0 aromatic heterocycles. The van der Waals surface area contributed by atoms with E-state index in [0.29, 0.717) is 13.0 Å². The second-order valence-electron chi connectivity index (χ2n) is 4.32. The van der Waals surface area contributed by atoms with Crippen LogP contribution in [0.1, 0.15) is 18.9 Å². The van der Waals surface area contributed by atoms with Crippen molar-refractivity contribution in [2.45, 2.75) is 32.3 Å². The largest absolute Gasteiger partial charge is 0.573 e. The average Bonchev–Trinajstić information content (AvgIpc) is 2.30. The Morgan fingerprint density at radius 1 is 1.32 bits per heavy atom. The highest BCUT2D eigenvalue weighted by molar-refractivity contribution is 5.27. The molecule has 0 spiro atoms. The summed E-state index contributed by atoms with van der Waals surface area (Å²) in [7, 11) is 1.86. The number of rotatable bonds is 5. The third-order valence-corrected chi connectivity index (χ3v) is 2.73. The van der Waals surface area contributed by atoms with Crippen molar-refractivity contribution < 1.29 is 17.9 Å². The van der Waals surface area contributed by atoms with Gasteiger partial charge in [0.25, 0.3) is 0 Å². The number of hydrogen-bond acceptors (Lipinski definition) is 3. The van der Waals surface area contributed by atoms with Gasteiger partial charge in [0.05, 0.1) is 12.5 Å². The Hall–Kier alpha value is -1.74. The van der Waals surface area contributed by atoms with Crippen LogP contribution in [0.25, 0.3) is 0 Å². The van der Waals surface area contributed by atoms with Crippen molar-refractivity contribution in [1.29, 1.82) is 5.26 Å². The molecule has 1 atom stereocenters. The van der Waals surface area contributed by atoms with Gasteiger partial charge in [0.2, 0.25) is 0 Å². The monoisotopic (exact) mass is 272 g/mol. The molecule has 6 heteroatoms. The number of halogens is 3. The quantitative estimate of drug-likeness (QED) is 0.825. The van der Waals surface area contributed by atoms with Crippen molar-refractivity contribution in [2.24, 2.45) is 0 Å². The normalized spacial score (nSPS) is 13.1. The molecular formula is C13H15F3N2O. The van der Waals surface area contributed by atoms with Gasteiger partial charge in [0.15, 0.2) is 0 Å². The summed E-state index contributed by atoms with van der Waals surface area (Å²) in [6, 6.07) is 7.90. The highest BCUT2D eigenvalue weighted by Gasteiger charge is 2.30. The smallest absolute Gasteiger partial charge is 0.406 e. The van der Waals surface area contributed by atoms with E-state index < -0.39 is 6.36 Å². The maximum Gasteiger partial charge on any atom is 0.573 e. The van der Waals surface area contributed by atoms with Gasteiger partial charge in [-0.1, -0.05) is 12.1 Å². The van der Waals surface area contributed by atoms with Crippen LogP contribution < -0.4 is 4.74 Å². The lowest BCUT2D eigenvalue weighted by molar-refractivity contribution is -0.274. The minimum atomic E-state index is -4.67. The van der Waals surface area contributed by atoms with Crippen LogP contribution in [0.4, 0.5) is 13.2 Å². The SMILES string of the molecule is CC(CC#N)N(C)Cc1ccc(OC(F)(F)F)cc1. The number of hydrogen-bond donors (Lipinski definition) is 0. The van der Waals surface area contributed by atoms with E-state index in [9.17, 15) is 13.2 Å². The first-order valence-electron chi connectivity index (χ1n) is 5.73. The number of nitrogens with zero attached hydrogens (tertiary/aromatic N) is 2. The van der Waals surface area contributed by atoms with Gasteiger partial charge < -0.3 is 4.74 Å². The van der Waals surface area contributed by atoms with Crippen LogP contribution in [0, 0.1) is 11.3 Å². The van der Waals surface area contributed by atoms with Gasteiger partial charge in [-0.25, -0.2) is 0 Å². The number of ether oxygens (including phenoxy) is 1. The van der Waals surface area contributed by atoms with Gasteiger partial charge >= 0.3 is 6.36 Å². The first-order chi connectivity index (χ1) is 8.81. The van der Waals surface area contributed by atoms with Gasteiger partial charge in [0, 0.05) is 12.6 Å². The summed E-state index contributed by atoms with van der Waals surface area (Å²) >= 11 is 0. The van der Waals surface area contributed by atoms with Crippen LogP contribution in [-0.2, 0) is 6.54 Å². The Morgan fingerprint density at radius 3 is 2.37 bits per heavy atom. The van der Waals surface area contributed by atoms with Gasteiger partial charge in [-0.3, -0.25) is 4.90 Å². The molecule has 0 aliphatic heterocycles. The summed E-state index contributed by atoms with van der Waals surface area (Å²) in [4.78, 5) is 1.96. The molecule has 3 nitrogen and oxygen atoms in total. The fraction of sp³-hybridized carbons (Fsp3) is 0.462. The molecule has 0 N–H and O–H groups in total. The Morgan fingerprint density at radius 2 is 1.89 bits per heavy atom. The predicted molar refractivity (Wildman–Crippen MR) is 64.3 cm³/mol. The van der Waals surface area contributed by atoms with E-state index in [2.05, 4.69) is 10.8 Å².